The van der Waals surface area contributed by atoms with Gasteiger partial charge in [-0.25, -0.2) is 0 Å². The van der Waals surface area contributed by atoms with Gasteiger partial charge in [0.15, 0.2) is 23.0 Å². The first-order valence-electron chi connectivity index (χ1n) is 9.99. The Morgan fingerprint density at radius 2 is 1.70 bits per heavy atom. The average Bonchev–Trinajstić information content (AvgIpc) is 3.35. The van der Waals surface area contributed by atoms with Gasteiger partial charge < -0.3 is 38.6 Å². The molecule has 10 heteroatoms. The molecule has 0 saturated heterocycles. The Labute approximate surface area is 191 Å². The average molecular weight is 458 g/mol. The molecule has 0 bridgehead atoms. The van der Waals surface area contributed by atoms with Crippen LogP contribution < -0.4 is 29.0 Å². The van der Waals surface area contributed by atoms with E-state index in [9.17, 15) is 9.90 Å². The number of aliphatic hydroxyl groups excluding tert-OH is 1. The SMILES string of the molecule is COc1ccc(OC)c(-c2cc(C(=O)NCC(O)COc3c(OC)cccc3OC)no2)c1. The predicted molar refractivity (Wildman–Crippen MR) is 118 cm³/mol. The lowest BCUT2D eigenvalue weighted by Gasteiger charge is -2.16. The van der Waals surface area contributed by atoms with E-state index >= 15 is 0 Å². The molecule has 10 nitrogen and oxygen atoms in total. The van der Waals surface area contributed by atoms with Crippen LogP contribution in [0.15, 0.2) is 47.0 Å². The maximum Gasteiger partial charge on any atom is 0.273 e. The van der Waals surface area contributed by atoms with Gasteiger partial charge in [0.2, 0.25) is 5.75 Å². The van der Waals surface area contributed by atoms with E-state index in [1.165, 1.54) is 27.4 Å². The van der Waals surface area contributed by atoms with Gasteiger partial charge in [0.05, 0.1) is 34.0 Å². The van der Waals surface area contributed by atoms with Gasteiger partial charge in [-0.1, -0.05) is 11.2 Å². The summed E-state index contributed by atoms with van der Waals surface area (Å²) in [6.07, 6.45) is -0.992. The van der Waals surface area contributed by atoms with Crippen LogP contribution in [0.1, 0.15) is 10.5 Å². The molecule has 1 unspecified atom stereocenters. The van der Waals surface area contributed by atoms with Crippen LogP contribution in [0, 0.1) is 0 Å². The minimum Gasteiger partial charge on any atom is -0.497 e. The lowest BCUT2D eigenvalue weighted by atomic mass is 10.1. The largest absolute Gasteiger partial charge is 0.497 e. The normalized spacial score (nSPS) is 11.4. The summed E-state index contributed by atoms with van der Waals surface area (Å²) in [6, 6.07) is 11.9. The number of carbonyl (C=O) groups is 1. The number of hydrogen-bond donors (Lipinski definition) is 2. The van der Waals surface area contributed by atoms with E-state index < -0.39 is 12.0 Å². The number of nitrogens with one attached hydrogen (secondary N) is 1. The maximum atomic E-state index is 12.5. The van der Waals surface area contributed by atoms with E-state index in [4.69, 9.17) is 28.2 Å². The number of nitrogens with zero attached hydrogens (tertiary/aromatic N) is 1. The van der Waals surface area contributed by atoms with Gasteiger partial charge in [-0.05, 0) is 30.3 Å². The fourth-order valence-corrected chi connectivity index (χ4v) is 3.01. The van der Waals surface area contributed by atoms with Crippen molar-refractivity contribution in [3.63, 3.8) is 0 Å². The Hall–Kier alpha value is -3.92. The van der Waals surface area contributed by atoms with Crippen LogP contribution in [-0.2, 0) is 0 Å². The molecule has 0 aliphatic rings. The molecular weight excluding hydrogens is 432 g/mol. The first-order chi connectivity index (χ1) is 16.0. The molecule has 1 atom stereocenters. The molecule has 0 saturated carbocycles. The molecule has 1 heterocycles. The summed E-state index contributed by atoms with van der Waals surface area (Å²) < 4.78 is 32.0. The van der Waals surface area contributed by atoms with Gasteiger partial charge in [-0.2, -0.15) is 0 Å². The molecule has 2 N–H and O–H groups in total. The van der Waals surface area contributed by atoms with Crippen molar-refractivity contribution in [1.82, 2.24) is 10.5 Å². The summed E-state index contributed by atoms with van der Waals surface area (Å²) >= 11 is 0. The molecule has 0 fully saturated rings. The smallest absolute Gasteiger partial charge is 0.273 e. The zero-order chi connectivity index (χ0) is 23.8. The lowest BCUT2D eigenvalue weighted by molar-refractivity contribution is 0.0827. The minimum atomic E-state index is -0.992. The highest BCUT2D eigenvalue weighted by molar-refractivity contribution is 5.93. The number of benzene rings is 2. The number of aromatic nitrogens is 1. The van der Waals surface area contributed by atoms with Crippen LogP contribution in [0.4, 0.5) is 0 Å². The topological polar surface area (TPSA) is 122 Å². The summed E-state index contributed by atoms with van der Waals surface area (Å²) in [4.78, 5) is 12.5. The first-order valence-corrected chi connectivity index (χ1v) is 9.99. The van der Waals surface area contributed by atoms with Crippen LogP contribution in [0.5, 0.6) is 28.7 Å². The highest BCUT2D eigenvalue weighted by atomic mass is 16.5. The molecule has 0 radical (unpaired) electrons. The fourth-order valence-electron chi connectivity index (χ4n) is 3.01. The number of para-hydroxylation sites is 1. The Kier molecular flexibility index (Phi) is 7.98. The number of rotatable bonds is 11. The molecule has 0 aliphatic carbocycles. The second-order valence-corrected chi connectivity index (χ2v) is 6.81. The molecule has 33 heavy (non-hydrogen) atoms. The highest BCUT2D eigenvalue weighted by Crippen LogP contribution is 2.37. The summed E-state index contributed by atoms with van der Waals surface area (Å²) in [5.41, 5.74) is 0.636. The van der Waals surface area contributed by atoms with E-state index in [2.05, 4.69) is 10.5 Å². The van der Waals surface area contributed by atoms with Crippen LogP contribution >= 0.6 is 0 Å². The Balaban J connectivity index is 1.60. The van der Waals surface area contributed by atoms with Crippen molar-refractivity contribution in [1.29, 1.82) is 0 Å². The third-order valence-electron chi connectivity index (χ3n) is 4.72. The third-order valence-corrected chi connectivity index (χ3v) is 4.72. The zero-order valence-electron chi connectivity index (χ0n) is 18.8. The number of carbonyl (C=O) groups excluding carboxylic acids is 1. The van der Waals surface area contributed by atoms with Crippen molar-refractivity contribution in [2.75, 3.05) is 41.6 Å². The second kappa shape index (κ2) is 11.1. The van der Waals surface area contributed by atoms with Crippen molar-refractivity contribution in [2.24, 2.45) is 0 Å². The van der Waals surface area contributed by atoms with Crippen molar-refractivity contribution in [2.45, 2.75) is 6.10 Å². The number of methoxy groups -OCH3 is 4. The zero-order valence-corrected chi connectivity index (χ0v) is 18.8. The monoisotopic (exact) mass is 458 g/mol. The molecule has 1 aromatic heterocycles. The molecule has 2 aromatic carbocycles. The third kappa shape index (κ3) is 5.66. The van der Waals surface area contributed by atoms with Gasteiger partial charge in [0.25, 0.3) is 5.91 Å². The molecule has 176 valence electrons. The van der Waals surface area contributed by atoms with Gasteiger partial charge >= 0.3 is 0 Å². The molecule has 0 aliphatic heterocycles. The molecule has 1 amide bonds. The van der Waals surface area contributed by atoms with E-state index in [1.54, 1.807) is 43.5 Å². The molecule has 0 spiro atoms. The number of aliphatic hydroxyl groups is 1. The van der Waals surface area contributed by atoms with Crippen molar-refractivity contribution >= 4 is 5.91 Å². The summed E-state index contributed by atoms with van der Waals surface area (Å²) in [5.74, 6) is 2.26. The van der Waals surface area contributed by atoms with E-state index in [0.717, 1.165) is 0 Å². The maximum absolute atomic E-state index is 12.5. The summed E-state index contributed by atoms with van der Waals surface area (Å²) in [6.45, 7) is -0.164. The quantitative estimate of drug-likeness (QED) is 0.446. The Morgan fingerprint density at radius 3 is 2.33 bits per heavy atom. The number of hydrogen-bond acceptors (Lipinski definition) is 9. The Morgan fingerprint density at radius 1 is 1.00 bits per heavy atom. The minimum absolute atomic E-state index is 0.0504. The lowest BCUT2D eigenvalue weighted by Crippen LogP contribution is -2.35. The van der Waals surface area contributed by atoms with Crippen LogP contribution in [0.25, 0.3) is 11.3 Å². The van der Waals surface area contributed by atoms with Gasteiger partial charge in [-0.3, -0.25) is 4.79 Å². The molecule has 3 aromatic rings. The predicted octanol–water partition coefficient (Wildman–Crippen LogP) is 2.55. The van der Waals surface area contributed by atoms with Crippen LogP contribution in [0.2, 0.25) is 0 Å². The summed E-state index contributed by atoms with van der Waals surface area (Å²) in [5, 5.41) is 16.7. The van der Waals surface area contributed by atoms with Gasteiger partial charge in [0.1, 0.15) is 24.2 Å². The van der Waals surface area contributed by atoms with Crippen LogP contribution in [0.3, 0.4) is 0 Å². The van der Waals surface area contributed by atoms with E-state index in [1.807, 2.05) is 0 Å². The first kappa shape index (κ1) is 23.7. The molecule has 3 rings (SSSR count). The van der Waals surface area contributed by atoms with Crippen molar-refractivity contribution in [3.8, 4) is 40.1 Å². The van der Waals surface area contributed by atoms with E-state index in [-0.39, 0.29) is 18.8 Å². The standard InChI is InChI=1S/C23H26N2O8/c1-28-15-8-9-18(29-2)16(10-15)21-11-17(25-33-21)23(27)24-12-14(26)13-32-22-19(30-3)6-5-7-20(22)31-4/h5-11,14,26H,12-13H2,1-4H3,(H,24,27). The fraction of sp³-hybridized carbons (Fsp3) is 0.304. The van der Waals surface area contributed by atoms with Crippen molar-refractivity contribution < 1.29 is 38.1 Å². The van der Waals surface area contributed by atoms with E-state index in [0.29, 0.717) is 40.1 Å². The molecular formula is C23H26N2O8. The number of amides is 1. The highest BCUT2D eigenvalue weighted by Gasteiger charge is 2.19. The Bertz CT molecular complexity index is 1060. The van der Waals surface area contributed by atoms with Crippen molar-refractivity contribution in [3.05, 3.63) is 48.2 Å². The van der Waals surface area contributed by atoms with Gasteiger partial charge in [-0.15, -0.1) is 0 Å². The second-order valence-electron chi connectivity index (χ2n) is 6.81. The summed E-state index contributed by atoms with van der Waals surface area (Å²) in [7, 11) is 6.08. The number of ether oxygens (including phenoxy) is 5. The van der Waals surface area contributed by atoms with Crippen LogP contribution in [-0.4, -0.2) is 63.9 Å². The van der Waals surface area contributed by atoms with Gasteiger partial charge in [0, 0.05) is 12.6 Å².